The van der Waals surface area contributed by atoms with Crippen molar-refractivity contribution < 1.29 is 4.79 Å². The fourth-order valence-electron chi connectivity index (χ4n) is 1.45. The third-order valence-electron chi connectivity index (χ3n) is 2.47. The predicted molar refractivity (Wildman–Crippen MR) is 58.3 cm³/mol. The maximum absolute atomic E-state index is 11.7. The van der Waals surface area contributed by atoms with Gasteiger partial charge in [-0.3, -0.25) is 14.9 Å². The molecule has 0 aromatic carbocycles. The minimum absolute atomic E-state index is 0.137. The normalized spacial score (nSPS) is 14.6. The second-order valence-corrected chi connectivity index (χ2v) is 3.86. The molecule has 1 aliphatic rings. The zero-order valence-corrected chi connectivity index (χ0v) is 8.92. The molecule has 1 saturated carbocycles. The summed E-state index contributed by atoms with van der Waals surface area (Å²) in [5.74, 6) is 1.37. The monoisotopic (exact) mass is 230 g/mol. The minimum Gasteiger partial charge on any atom is -0.302 e. The number of anilines is 1. The molecule has 2 heterocycles. The molecule has 0 aliphatic heterocycles. The van der Waals surface area contributed by atoms with Crippen LogP contribution in [0.5, 0.6) is 0 Å². The first kappa shape index (κ1) is 9.88. The highest BCUT2D eigenvalue weighted by Gasteiger charge is 2.28. The molecular formula is C10H10N6O. The molecule has 0 bridgehead atoms. The van der Waals surface area contributed by atoms with Gasteiger partial charge in [-0.1, -0.05) is 0 Å². The van der Waals surface area contributed by atoms with Crippen molar-refractivity contribution in [3.05, 3.63) is 30.2 Å². The van der Waals surface area contributed by atoms with E-state index in [2.05, 4.69) is 30.5 Å². The molecule has 0 radical (unpaired) electrons. The Labute approximate surface area is 96.7 Å². The van der Waals surface area contributed by atoms with Crippen molar-refractivity contribution >= 4 is 11.7 Å². The van der Waals surface area contributed by atoms with Crippen molar-refractivity contribution in [3.8, 4) is 0 Å². The van der Waals surface area contributed by atoms with Gasteiger partial charge in [0.1, 0.15) is 5.82 Å². The Bertz CT molecular complexity index is 533. The summed E-state index contributed by atoms with van der Waals surface area (Å²) in [6.45, 7) is 0. The van der Waals surface area contributed by atoms with Gasteiger partial charge in [-0.05, 0) is 12.8 Å². The van der Waals surface area contributed by atoms with Crippen LogP contribution in [0, 0.1) is 0 Å². The van der Waals surface area contributed by atoms with Gasteiger partial charge in [-0.2, -0.15) is 0 Å². The lowest BCUT2D eigenvalue weighted by molar-refractivity contribution is 0.101. The first-order valence-corrected chi connectivity index (χ1v) is 5.32. The minimum atomic E-state index is -0.381. The maximum atomic E-state index is 11.7. The van der Waals surface area contributed by atoms with Crippen LogP contribution in [0.1, 0.15) is 35.2 Å². The first-order valence-electron chi connectivity index (χ1n) is 5.32. The largest absolute Gasteiger partial charge is 0.302 e. The average molecular weight is 230 g/mol. The van der Waals surface area contributed by atoms with E-state index in [4.69, 9.17) is 0 Å². The Morgan fingerprint density at radius 1 is 1.41 bits per heavy atom. The molecule has 0 unspecified atom stereocenters. The summed E-state index contributed by atoms with van der Waals surface area (Å²) >= 11 is 0. The topological polar surface area (TPSA) is 96.5 Å². The van der Waals surface area contributed by atoms with Gasteiger partial charge < -0.3 is 5.32 Å². The zero-order chi connectivity index (χ0) is 11.7. The number of H-pyrrole nitrogens is 1. The molecule has 86 valence electrons. The van der Waals surface area contributed by atoms with Crippen molar-refractivity contribution in [2.45, 2.75) is 18.8 Å². The summed E-state index contributed by atoms with van der Waals surface area (Å²) in [5, 5.41) is 9.23. The van der Waals surface area contributed by atoms with E-state index in [-0.39, 0.29) is 11.7 Å². The summed E-state index contributed by atoms with van der Waals surface area (Å²) in [4.78, 5) is 23.7. The van der Waals surface area contributed by atoms with Gasteiger partial charge in [0.2, 0.25) is 5.82 Å². The molecule has 2 aromatic heterocycles. The van der Waals surface area contributed by atoms with E-state index in [1.165, 1.54) is 18.6 Å². The molecule has 1 fully saturated rings. The van der Waals surface area contributed by atoms with Gasteiger partial charge in [0.15, 0.2) is 5.82 Å². The summed E-state index contributed by atoms with van der Waals surface area (Å²) < 4.78 is 0. The van der Waals surface area contributed by atoms with Crippen LogP contribution in [0.25, 0.3) is 0 Å². The molecule has 3 rings (SSSR count). The second-order valence-electron chi connectivity index (χ2n) is 3.86. The lowest BCUT2D eigenvalue weighted by Gasteiger charge is -1.98. The van der Waals surface area contributed by atoms with Gasteiger partial charge in [0, 0.05) is 18.3 Å². The smallest absolute Gasteiger partial charge is 0.296 e. The molecule has 0 atom stereocenters. The van der Waals surface area contributed by atoms with Crippen LogP contribution >= 0.6 is 0 Å². The van der Waals surface area contributed by atoms with Gasteiger partial charge >= 0.3 is 0 Å². The molecule has 2 N–H and O–H groups in total. The first-order chi connectivity index (χ1) is 8.33. The molecule has 17 heavy (non-hydrogen) atoms. The van der Waals surface area contributed by atoms with E-state index in [0.29, 0.717) is 11.7 Å². The predicted octanol–water partition coefficient (Wildman–Crippen LogP) is 0.724. The highest BCUT2D eigenvalue weighted by atomic mass is 16.2. The molecule has 0 saturated heterocycles. The highest BCUT2D eigenvalue weighted by Crippen LogP contribution is 2.37. The van der Waals surface area contributed by atoms with Crippen molar-refractivity contribution in [2.24, 2.45) is 0 Å². The SMILES string of the molecule is O=C(Nc1cnccn1)c1n[nH]c(C2CC2)n1. The van der Waals surface area contributed by atoms with Crippen molar-refractivity contribution in [1.29, 1.82) is 0 Å². The number of rotatable bonds is 3. The van der Waals surface area contributed by atoms with E-state index in [1.807, 2.05) is 0 Å². The maximum Gasteiger partial charge on any atom is 0.296 e. The van der Waals surface area contributed by atoms with Crippen LogP contribution in [0.2, 0.25) is 0 Å². The van der Waals surface area contributed by atoms with E-state index in [9.17, 15) is 4.79 Å². The number of nitrogens with one attached hydrogen (secondary N) is 2. The van der Waals surface area contributed by atoms with Crippen molar-refractivity contribution in [1.82, 2.24) is 25.1 Å². The van der Waals surface area contributed by atoms with Crippen molar-refractivity contribution in [2.75, 3.05) is 5.32 Å². The number of carbonyl (C=O) groups is 1. The Morgan fingerprint density at radius 2 is 2.29 bits per heavy atom. The Kier molecular flexibility index (Phi) is 2.28. The number of carbonyl (C=O) groups excluding carboxylic acids is 1. The van der Waals surface area contributed by atoms with Gasteiger partial charge in [0.25, 0.3) is 5.91 Å². The standard InChI is InChI=1S/C10H10N6O/c17-10(13-7-5-11-3-4-12-7)9-14-8(15-16-9)6-1-2-6/h3-6H,1-2H2,(H,12,13,17)(H,14,15,16). The van der Waals surface area contributed by atoms with Crippen LogP contribution < -0.4 is 5.32 Å². The lowest BCUT2D eigenvalue weighted by Crippen LogP contribution is -2.14. The van der Waals surface area contributed by atoms with Crippen LogP contribution in [-0.2, 0) is 0 Å². The van der Waals surface area contributed by atoms with Crippen LogP contribution in [0.4, 0.5) is 5.82 Å². The highest BCUT2D eigenvalue weighted by molar-refractivity contribution is 6.00. The van der Waals surface area contributed by atoms with Crippen LogP contribution in [-0.4, -0.2) is 31.1 Å². The van der Waals surface area contributed by atoms with Gasteiger partial charge in [-0.25, -0.2) is 9.97 Å². The van der Waals surface area contributed by atoms with E-state index >= 15 is 0 Å². The Hall–Kier alpha value is -2.31. The van der Waals surface area contributed by atoms with E-state index in [0.717, 1.165) is 18.7 Å². The van der Waals surface area contributed by atoms with E-state index < -0.39 is 0 Å². The van der Waals surface area contributed by atoms with E-state index in [1.54, 1.807) is 0 Å². The summed E-state index contributed by atoms with van der Waals surface area (Å²) in [6, 6.07) is 0. The summed E-state index contributed by atoms with van der Waals surface area (Å²) in [7, 11) is 0. The second kappa shape index (κ2) is 3.93. The third kappa shape index (κ3) is 2.12. The fourth-order valence-corrected chi connectivity index (χ4v) is 1.45. The molecule has 7 heteroatoms. The Balaban J connectivity index is 1.72. The number of amides is 1. The summed E-state index contributed by atoms with van der Waals surface area (Å²) in [5.41, 5.74) is 0. The fraction of sp³-hybridized carbons (Fsp3) is 0.300. The number of aromatic amines is 1. The number of nitrogens with zero attached hydrogens (tertiary/aromatic N) is 4. The third-order valence-corrected chi connectivity index (χ3v) is 2.47. The molecule has 2 aromatic rings. The van der Waals surface area contributed by atoms with Crippen LogP contribution in [0.3, 0.4) is 0 Å². The lowest BCUT2D eigenvalue weighted by atomic mass is 10.4. The summed E-state index contributed by atoms with van der Waals surface area (Å²) in [6.07, 6.45) is 6.73. The van der Waals surface area contributed by atoms with Gasteiger partial charge in [0.05, 0.1) is 6.20 Å². The molecule has 1 aliphatic carbocycles. The molecule has 1 amide bonds. The quantitative estimate of drug-likeness (QED) is 0.810. The molecule has 7 nitrogen and oxygen atoms in total. The number of hydrogen-bond acceptors (Lipinski definition) is 5. The zero-order valence-electron chi connectivity index (χ0n) is 8.92. The van der Waals surface area contributed by atoms with Gasteiger partial charge in [-0.15, -0.1) is 5.10 Å². The average Bonchev–Trinajstić information content (AvgIpc) is 3.08. The number of hydrogen-bond donors (Lipinski definition) is 2. The van der Waals surface area contributed by atoms with Crippen LogP contribution in [0.15, 0.2) is 18.6 Å². The molecule has 0 spiro atoms. The Morgan fingerprint density at radius 3 is 3.00 bits per heavy atom. The molecular weight excluding hydrogens is 220 g/mol. The van der Waals surface area contributed by atoms with Crippen molar-refractivity contribution in [3.63, 3.8) is 0 Å². The number of aromatic nitrogens is 5.